The van der Waals surface area contributed by atoms with E-state index in [0.717, 1.165) is 13.8 Å². The molecule has 0 fully saturated rings. The van der Waals surface area contributed by atoms with Crippen LogP contribution in [0.5, 0.6) is 0 Å². The summed E-state index contributed by atoms with van der Waals surface area (Å²) >= 11 is 0. The predicted molar refractivity (Wildman–Crippen MR) is 51.1 cm³/mol. The molecule has 0 aliphatic carbocycles. The fraction of sp³-hybridized carbons (Fsp3) is 0.364. The number of carbonyl (C=O) groups is 1. The molecule has 1 aromatic rings. The number of halogens is 5. The number of carbonyl (C=O) groups excluding carboxylic acids is 1. The number of aryl methyl sites for hydroxylation is 1. The Morgan fingerprint density at radius 3 is 2.12 bits per heavy atom. The van der Waals surface area contributed by atoms with Gasteiger partial charge in [-0.3, -0.25) is 4.79 Å². The van der Waals surface area contributed by atoms with Crippen molar-refractivity contribution in [2.45, 2.75) is 26.4 Å². The van der Waals surface area contributed by atoms with Gasteiger partial charge in [-0.05, 0) is 31.5 Å². The fourth-order valence-electron chi connectivity index (χ4n) is 1.49. The normalized spacial score (nSPS) is 12.0. The summed E-state index contributed by atoms with van der Waals surface area (Å²) in [5.41, 5.74) is -2.63. The van der Waals surface area contributed by atoms with Crippen molar-refractivity contribution in [3.8, 4) is 0 Å². The molecule has 0 amide bonds. The van der Waals surface area contributed by atoms with E-state index in [0.29, 0.717) is 12.1 Å². The molecule has 0 aliphatic rings. The molecule has 6 heteroatoms. The van der Waals surface area contributed by atoms with E-state index in [9.17, 15) is 26.7 Å². The maximum absolute atomic E-state index is 12.6. The van der Waals surface area contributed by atoms with Crippen LogP contribution in [0.25, 0.3) is 0 Å². The van der Waals surface area contributed by atoms with E-state index in [2.05, 4.69) is 0 Å². The summed E-state index contributed by atoms with van der Waals surface area (Å²) in [6.07, 6.45) is -7.64. The van der Waals surface area contributed by atoms with Crippen LogP contribution in [0.3, 0.4) is 0 Å². The first-order valence-corrected chi connectivity index (χ1v) is 4.65. The second kappa shape index (κ2) is 4.43. The van der Waals surface area contributed by atoms with Crippen molar-refractivity contribution in [2.75, 3.05) is 0 Å². The number of Topliss-reactive ketones (excluding diaryl/α,β-unsaturated/α-hetero) is 1. The summed E-state index contributed by atoms with van der Waals surface area (Å²) in [6, 6.07) is 1.20. The van der Waals surface area contributed by atoms with Gasteiger partial charge in [0.1, 0.15) is 0 Å². The zero-order chi connectivity index (χ0) is 13.4. The zero-order valence-electron chi connectivity index (χ0n) is 9.03. The molecule has 0 saturated carbocycles. The summed E-state index contributed by atoms with van der Waals surface area (Å²) in [6.45, 7) is 2.07. The summed E-state index contributed by atoms with van der Waals surface area (Å²) in [5, 5.41) is 0. The lowest BCUT2D eigenvalue weighted by molar-refractivity contribution is -0.138. The van der Waals surface area contributed by atoms with Crippen LogP contribution in [0, 0.1) is 6.92 Å². The minimum absolute atomic E-state index is 0.183. The molecule has 1 rings (SSSR count). The van der Waals surface area contributed by atoms with E-state index >= 15 is 0 Å². The Bertz CT molecular complexity index is 448. The molecule has 0 atom stereocenters. The van der Waals surface area contributed by atoms with Crippen molar-refractivity contribution in [1.82, 2.24) is 0 Å². The molecule has 0 N–H and O–H groups in total. The average Bonchev–Trinajstić information content (AvgIpc) is 2.14. The van der Waals surface area contributed by atoms with Gasteiger partial charge in [0, 0.05) is 11.1 Å². The topological polar surface area (TPSA) is 17.1 Å². The molecule has 0 aliphatic heterocycles. The molecule has 17 heavy (non-hydrogen) atoms. The van der Waals surface area contributed by atoms with Crippen molar-refractivity contribution in [3.05, 3.63) is 34.4 Å². The van der Waals surface area contributed by atoms with Gasteiger partial charge in [-0.2, -0.15) is 13.2 Å². The Morgan fingerprint density at radius 2 is 1.76 bits per heavy atom. The van der Waals surface area contributed by atoms with Crippen LogP contribution in [0.2, 0.25) is 0 Å². The van der Waals surface area contributed by atoms with Crippen molar-refractivity contribution >= 4 is 5.78 Å². The zero-order valence-corrected chi connectivity index (χ0v) is 9.03. The third-order valence-electron chi connectivity index (χ3n) is 2.33. The number of rotatable bonds is 2. The standard InChI is InChI=1S/C11H9F5O/c1-5-3-9(11(14,15)16)8(6(2)17)4-7(5)10(12)13/h3-4,10H,1-2H3. The van der Waals surface area contributed by atoms with Gasteiger partial charge in [-0.25, -0.2) is 8.78 Å². The third-order valence-corrected chi connectivity index (χ3v) is 2.33. The van der Waals surface area contributed by atoms with Gasteiger partial charge in [0.25, 0.3) is 6.43 Å². The van der Waals surface area contributed by atoms with Gasteiger partial charge < -0.3 is 0 Å². The molecular weight excluding hydrogens is 243 g/mol. The molecule has 0 radical (unpaired) electrons. The summed E-state index contributed by atoms with van der Waals surface area (Å²) in [5.74, 6) is -0.890. The lowest BCUT2D eigenvalue weighted by Gasteiger charge is -2.14. The first kappa shape index (κ1) is 13.6. The first-order valence-electron chi connectivity index (χ1n) is 4.65. The van der Waals surface area contributed by atoms with Gasteiger partial charge >= 0.3 is 6.18 Å². The smallest absolute Gasteiger partial charge is 0.294 e. The monoisotopic (exact) mass is 252 g/mol. The largest absolute Gasteiger partial charge is 0.417 e. The SMILES string of the molecule is CC(=O)c1cc(C(F)F)c(C)cc1C(F)(F)F. The maximum atomic E-state index is 12.6. The molecule has 0 aromatic heterocycles. The first-order chi connectivity index (χ1) is 7.64. The summed E-state index contributed by atoms with van der Waals surface area (Å²) in [7, 11) is 0. The molecule has 0 saturated heterocycles. The van der Waals surface area contributed by atoms with Crippen LogP contribution in [0.4, 0.5) is 22.0 Å². The Labute approximate surface area is 94.2 Å². The molecule has 0 spiro atoms. The highest BCUT2D eigenvalue weighted by Crippen LogP contribution is 2.35. The molecule has 0 unspecified atom stereocenters. The quantitative estimate of drug-likeness (QED) is 0.570. The van der Waals surface area contributed by atoms with Crippen LogP contribution in [0.1, 0.15) is 40.4 Å². The van der Waals surface area contributed by atoms with Crippen LogP contribution < -0.4 is 0 Å². The number of hydrogen-bond acceptors (Lipinski definition) is 1. The number of hydrogen-bond donors (Lipinski definition) is 0. The number of benzene rings is 1. The average molecular weight is 252 g/mol. The van der Waals surface area contributed by atoms with Gasteiger partial charge in [0.2, 0.25) is 0 Å². The Morgan fingerprint density at radius 1 is 1.24 bits per heavy atom. The summed E-state index contributed by atoms with van der Waals surface area (Å²) in [4.78, 5) is 11.1. The highest BCUT2D eigenvalue weighted by atomic mass is 19.4. The fourth-order valence-corrected chi connectivity index (χ4v) is 1.49. The minimum Gasteiger partial charge on any atom is -0.294 e. The summed E-state index contributed by atoms with van der Waals surface area (Å²) < 4.78 is 62.8. The van der Waals surface area contributed by atoms with Crippen molar-refractivity contribution in [1.29, 1.82) is 0 Å². The van der Waals surface area contributed by atoms with Crippen LogP contribution in [-0.2, 0) is 6.18 Å². The third kappa shape index (κ3) is 2.81. The molecule has 1 aromatic carbocycles. The molecule has 0 heterocycles. The van der Waals surface area contributed by atoms with Gasteiger partial charge in [0.15, 0.2) is 5.78 Å². The van der Waals surface area contributed by atoms with E-state index < -0.39 is 35.1 Å². The maximum Gasteiger partial charge on any atom is 0.417 e. The number of alkyl halides is 5. The molecule has 0 bridgehead atoms. The van der Waals surface area contributed by atoms with Crippen molar-refractivity contribution in [3.63, 3.8) is 0 Å². The van der Waals surface area contributed by atoms with E-state index in [1.54, 1.807) is 0 Å². The van der Waals surface area contributed by atoms with Gasteiger partial charge in [-0.15, -0.1) is 0 Å². The van der Waals surface area contributed by atoms with Crippen LogP contribution in [0.15, 0.2) is 12.1 Å². The van der Waals surface area contributed by atoms with Gasteiger partial charge in [0.05, 0.1) is 5.56 Å². The van der Waals surface area contributed by atoms with E-state index in [1.807, 2.05) is 0 Å². The molecular formula is C11H9F5O. The van der Waals surface area contributed by atoms with E-state index in [-0.39, 0.29) is 5.56 Å². The predicted octanol–water partition coefficient (Wildman–Crippen LogP) is 4.15. The van der Waals surface area contributed by atoms with Crippen molar-refractivity contribution < 1.29 is 26.7 Å². The Balaban J connectivity index is 3.53. The van der Waals surface area contributed by atoms with E-state index in [1.165, 1.54) is 0 Å². The lowest BCUT2D eigenvalue weighted by atomic mass is 9.96. The van der Waals surface area contributed by atoms with Gasteiger partial charge in [-0.1, -0.05) is 0 Å². The second-order valence-electron chi connectivity index (χ2n) is 3.61. The Hall–Kier alpha value is -1.46. The minimum atomic E-state index is -4.73. The van der Waals surface area contributed by atoms with Crippen LogP contribution in [-0.4, -0.2) is 5.78 Å². The highest BCUT2D eigenvalue weighted by molar-refractivity contribution is 5.96. The van der Waals surface area contributed by atoms with Crippen LogP contribution >= 0.6 is 0 Å². The second-order valence-corrected chi connectivity index (χ2v) is 3.61. The van der Waals surface area contributed by atoms with E-state index in [4.69, 9.17) is 0 Å². The lowest BCUT2D eigenvalue weighted by Crippen LogP contribution is -2.13. The molecule has 94 valence electrons. The molecule has 1 nitrogen and oxygen atoms in total. The Kier molecular flexibility index (Phi) is 3.54. The highest BCUT2D eigenvalue weighted by Gasteiger charge is 2.35. The van der Waals surface area contributed by atoms with Crippen molar-refractivity contribution in [2.24, 2.45) is 0 Å². The number of ketones is 1.